The van der Waals surface area contributed by atoms with Gasteiger partial charge in [-0.15, -0.1) is 0 Å². The third-order valence-corrected chi connectivity index (χ3v) is 3.79. The van der Waals surface area contributed by atoms with Gasteiger partial charge in [-0.05, 0) is 49.1 Å². The summed E-state index contributed by atoms with van der Waals surface area (Å²) in [6.45, 7) is 0. The Balaban J connectivity index is 1.99. The van der Waals surface area contributed by atoms with Gasteiger partial charge in [-0.25, -0.2) is 0 Å². The van der Waals surface area contributed by atoms with E-state index in [2.05, 4.69) is 0 Å². The predicted molar refractivity (Wildman–Crippen MR) is 68.3 cm³/mol. The van der Waals surface area contributed by atoms with Crippen molar-refractivity contribution in [3.05, 3.63) is 23.8 Å². The van der Waals surface area contributed by atoms with Crippen LogP contribution in [0.5, 0.6) is 11.5 Å². The van der Waals surface area contributed by atoms with Gasteiger partial charge in [-0.1, -0.05) is 6.07 Å². The van der Waals surface area contributed by atoms with E-state index < -0.39 is 0 Å². The molecule has 0 heterocycles. The van der Waals surface area contributed by atoms with Crippen molar-refractivity contribution in [2.45, 2.75) is 38.0 Å². The Morgan fingerprint density at radius 1 is 1.22 bits per heavy atom. The maximum Gasteiger partial charge on any atom is 0.217 e. The number of phenolic OH excluding ortho intramolecular Hbond substituents is 2. The molecule has 1 saturated carbocycles. The average Bonchev–Trinajstić information content (AvgIpc) is 2.30. The summed E-state index contributed by atoms with van der Waals surface area (Å²) in [6, 6.07) is 4.76. The fourth-order valence-corrected chi connectivity index (χ4v) is 2.84. The molecular formula is C14H19NO3. The normalized spacial score (nSPS) is 23.8. The van der Waals surface area contributed by atoms with Crippen LogP contribution in [0.4, 0.5) is 0 Å². The highest BCUT2D eigenvalue weighted by molar-refractivity contribution is 5.74. The summed E-state index contributed by atoms with van der Waals surface area (Å²) in [6.07, 6.45) is 4.31. The van der Waals surface area contributed by atoms with Crippen LogP contribution in [0.3, 0.4) is 0 Å². The molecule has 1 amide bonds. The molecule has 1 aliphatic rings. The predicted octanol–water partition coefficient (Wildman–Crippen LogP) is 2.25. The smallest absolute Gasteiger partial charge is 0.217 e. The fourth-order valence-electron chi connectivity index (χ4n) is 2.84. The van der Waals surface area contributed by atoms with E-state index in [9.17, 15) is 15.0 Å². The summed E-state index contributed by atoms with van der Waals surface area (Å²) in [5.41, 5.74) is 6.10. The molecule has 0 aliphatic heterocycles. The molecule has 0 saturated heterocycles. The molecule has 4 nitrogen and oxygen atoms in total. The number of amides is 1. The van der Waals surface area contributed by atoms with E-state index in [1.54, 1.807) is 12.1 Å². The van der Waals surface area contributed by atoms with Crippen LogP contribution in [-0.4, -0.2) is 16.1 Å². The third kappa shape index (κ3) is 2.94. The van der Waals surface area contributed by atoms with Crippen LogP contribution in [0.25, 0.3) is 0 Å². The molecule has 1 fully saturated rings. The second kappa shape index (κ2) is 5.29. The maximum atomic E-state index is 10.9. The number of benzene rings is 1. The molecule has 1 aromatic rings. The second-order valence-electron chi connectivity index (χ2n) is 5.13. The van der Waals surface area contributed by atoms with Crippen LogP contribution in [0.1, 0.15) is 43.6 Å². The second-order valence-corrected chi connectivity index (χ2v) is 5.13. The van der Waals surface area contributed by atoms with Gasteiger partial charge in [0.05, 0.1) is 0 Å². The molecule has 0 unspecified atom stereocenters. The van der Waals surface area contributed by atoms with E-state index in [4.69, 9.17) is 5.73 Å². The molecule has 0 bridgehead atoms. The number of rotatable bonds is 3. The summed E-state index contributed by atoms with van der Waals surface area (Å²) >= 11 is 0. The standard InChI is InChI=1S/C14H19NO3/c15-14(18)7-9-1-3-10(4-2-9)12-6-5-11(16)8-13(12)17/h5-6,8-10,16-17H,1-4,7H2,(H2,15,18). The Bertz CT molecular complexity index is 437. The van der Waals surface area contributed by atoms with Gasteiger partial charge in [0.2, 0.25) is 5.91 Å². The van der Waals surface area contributed by atoms with Crippen molar-refractivity contribution in [2.24, 2.45) is 11.7 Å². The Morgan fingerprint density at radius 2 is 1.89 bits per heavy atom. The van der Waals surface area contributed by atoms with E-state index in [-0.39, 0.29) is 17.4 Å². The van der Waals surface area contributed by atoms with Gasteiger partial charge < -0.3 is 15.9 Å². The molecule has 2 rings (SSSR count). The zero-order valence-electron chi connectivity index (χ0n) is 10.3. The molecule has 0 spiro atoms. The molecule has 1 aromatic carbocycles. The van der Waals surface area contributed by atoms with E-state index in [0.717, 1.165) is 31.2 Å². The lowest BCUT2D eigenvalue weighted by molar-refractivity contribution is -0.119. The largest absolute Gasteiger partial charge is 0.508 e. The number of hydrogen-bond acceptors (Lipinski definition) is 3. The van der Waals surface area contributed by atoms with Crippen molar-refractivity contribution >= 4 is 5.91 Å². The van der Waals surface area contributed by atoms with Gasteiger partial charge in [0.1, 0.15) is 11.5 Å². The molecule has 4 N–H and O–H groups in total. The number of hydrogen-bond donors (Lipinski definition) is 3. The van der Waals surface area contributed by atoms with Crippen molar-refractivity contribution in [1.82, 2.24) is 0 Å². The average molecular weight is 249 g/mol. The lowest BCUT2D eigenvalue weighted by Crippen LogP contribution is -2.20. The van der Waals surface area contributed by atoms with Crippen LogP contribution in [0, 0.1) is 5.92 Å². The molecular weight excluding hydrogens is 230 g/mol. The number of aromatic hydroxyl groups is 2. The number of carbonyl (C=O) groups excluding carboxylic acids is 1. The van der Waals surface area contributed by atoms with Gasteiger partial charge in [-0.3, -0.25) is 4.79 Å². The van der Waals surface area contributed by atoms with E-state index in [1.807, 2.05) is 0 Å². The van der Waals surface area contributed by atoms with E-state index in [0.29, 0.717) is 18.3 Å². The molecule has 0 radical (unpaired) electrons. The first-order valence-corrected chi connectivity index (χ1v) is 6.36. The minimum Gasteiger partial charge on any atom is -0.508 e. The van der Waals surface area contributed by atoms with Crippen molar-refractivity contribution in [1.29, 1.82) is 0 Å². The van der Waals surface area contributed by atoms with E-state index in [1.165, 1.54) is 6.07 Å². The molecule has 0 aromatic heterocycles. The SMILES string of the molecule is NC(=O)CC1CCC(c2ccc(O)cc2O)CC1. The van der Waals surface area contributed by atoms with Crippen molar-refractivity contribution in [2.75, 3.05) is 0 Å². The lowest BCUT2D eigenvalue weighted by Gasteiger charge is -2.28. The van der Waals surface area contributed by atoms with E-state index >= 15 is 0 Å². The van der Waals surface area contributed by atoms with Crippen molar-refractivity contribution < 1.29 is 15.0 Å². The van der Waals surface area contributed by atoms with Gasteiger partial charge in [0.25, 0.3) is 0 Å². The Kier molecular flexibility index (Phi) is 3.75. The first kappa shape index (κ1) is 12.7. The molecule has 18 heavy (non-hydrogen) atoms. The van der Waals surface area contributed by atoms with Crippen LogP contribution >= 0.6 is 0 Å². The Hall–Kier alpha value is -1.71. The number of carbonyl (C=O) groups is 1. The minimum absolute atomic E-state index is 0.0821. The first-order chi connectivity index (χ1) is 8.56. The summed E-state index contributed by atoms with van der Waals surface area (Å²) in [5.74, 6) is 0.714. The Labute approximate surface area is 106 Å². The topological polar surface area (TPSA) is 83.6 Å². The molecule has 98 valence electrons. The lowest BCUT2D eigenvalue weighted by atomic mass is 9.77. The summed E-state index contributed by atoms with van der Waals surface area (Å²) in [5, 5.41) is 19.1. The first-order valence-electron chi connectivity index (χ1n) is 6.36. The highest BCUT2D eigenvalue weighted by Crippen LogP contribution is 2.40. The van der Waals surface area contributed by atoms with Gasteiger partial charge in [0, 0.05) is 12.5 Å². The van der Waals surface area contributed by atoms with Crippen molar-refractivity contribution in [3.63, 3.8) is 0 Å². The third-order valence-electron chi connectivity index (χ3n) is 3.79. The highest BCUT2D eigenvalue weighted by Gasteiger charge is 2.25. The maximum absolute atomic E-state index is 10.9. The van der Waals surface area contributed by atoms with Gasteiger partial charge in [-0.2, -0.15) is 0 Å². The monoisotopic (exact) mass is 249 g/mol. The Morgan fingerprint density at radius 3 is 2.44 bits per heavy atom. The molecule has 4 heteroatoms. The number of phenols is 2. The van der Waals surface area contributed by atoms with Gasteiger partial charge in [0.15, 0.2) is 0 Å². The summed E-state index contributed by atoms with van der Waals surface area (Å²) in [4.78, 5) is 10.9. The molecule has 1 aliphatic carbocycles. The molecule has 0 atom stereocenters. The van der Waals surface area contributed by atoms with Crippen LogP contribution < -0.4 is 5.73 Å². The summed E-state index contributed by atoms with van der Waals surface area (Å²) < 4.78 is 0. The van der Waals surface area contributed by atoms with Crippen LogP contribution in [0.2, 0.25) is 0 Å². The number of primary amides is 1. The summed E-state index contributed by atoms with van der Waals surface area (Å²) in [7, 11) is 0. The van der Waals surface area contributed by atoms with Crippen LogP contribution in [-0.2, 0) is 4.79 Å². The number of nitrogens with two attached hydrogens (primary N) is 1. The quantitative estimate of drug-likeness (QED) is 0.768. The zero-order valence-corrected chi connectivity index (χ0v) is 10.3. The highest BCUT2D eigenvalue weighted by atomic mass is 16.3. The fraction of sp³-hybridized carbons (Fsp3) is 0.500. The van der Waals surface area contributed by atoms with Crippen LogP contribution in [0.15, 0.2) is 18.2 Å². The zero-order chi connectivity index (χ0) is 13.1. The van der Waals surface area contributed by atoms with Gasteiger partial charge >= 0.3 is 0 Å². The van der Waals surface area contributed by atoms with Crippen molar-refractivity contribution in [3.8, 4) is 11.5 Å². The minimum atomic E-state index is -0.231.